The molecule has 0 fully saturated rings. The van der Waals surface area contributed by atoms with E-state index >= 15 is 0 Å². The molecule has 0 saturated heterocycles. The number of allylic oxidation sites excluding steroid dienone is 1. The van der Waals surface area contributed by atoms with Gasteiger partial charge in [0.1, 0.15) is 6.26 Å². The molecule has 1 aliphatic rings. The fourth-order valence-corrected chi connectivity index (χ4v) is 0.820. The van der Waals surface area contributed by atoms with Gasteiger partial charge in [-0.05, 0) is 20.2 Å². The van der Waals surface area contributed by atoms with Crippen molar-refractivity contribution in [1.29, 1.82) is 0 Å². The third-order valence-corrected chi connectivity index (χ3v) is 1.43. The summed E-state index contributed by atoms with van der Waals surface area (Å²) in [6.07, 6.45) is 3.36. The summed E-state index contributed by atoms with van der Waals surface area (Å²) in [5.74, 6) is 1.90. The largest absolute Gasteiger partial charge is 0.647 e. The Kier molecular flexibility index (Phi) is 1.74. The molecule has 2 nitrogen and oxygen atoms in total. The second-order valence-electron chi connectivity index (χ2n) is 0.936. The van der Waals surface area contributed by atoms with Crippen molar-refractivity contribution < 1.29 is 4.84 Å². The molecule has 0 saturated carbocycles. The summed E-state index contributed by atoms with van der Waals surface area (Å²) < 4.78 is 1.31. The molecule has 0 aromatic carbocycles. The second-order valence-corrected chi connectivity index (χ2v) is 2.43. The zero-order valence-electron chi connectivity index (χ0n) is 3.44. The Morgan fingerprint density at radius 2 is 2.57 bits per heavy atom. The van der Waals surface area contributed by atoms with E-state index in [1.54, 1.807) is 6.26 Å². The summed E-state index contributed by atoms with van der Waals surface area (Å²) in [5, 5.41) is 0. The van der Waals surface area contributed by atoms with Gasteiger partial charge >= 0.3 is 0 Å². The topological polar surface area (TPSA) is 12.5 Å². The zero-order valence-corrected chi connectivity index (χ0v) is 5.15. The Morgan fingerprint density at radius 3 is 2.86 bits per heavy atom. The standard InChI is InChI=1S/C3H3NOPS/c7-4-5-2-1-3-6-4/h1-3H/q-1. The Labute approximate surface area is 49.1 Å². The summed E-state index contributed by atoms with van der Waals surface area (Å²) in [7, 11) is 0.911. The monoisotopic (exact) mass is 132 g/mol. The van der Waals surface area contributed by atoms with Gasteiger partial charge < -0.3 is 17.7 Å². The van der Waals surface area contributed by atoms with Crippen LogP contribution in [0.4, 0.5) is 0 Å². The number of rotatable bonds is 0. The molecule has 7 heavy (non-hydrogen) atoms. The van der Waals surface area contributed by atoms with Crippen molar-refractivity contribution >= 4 is 27.0 Å². The molecule has 4 heteroatoms. The van der Waals surface area contributed by atoms with Gasteiger partial charge in [-0.1, -0.05) is 0 Å². The highest BCUT2D eigenvalue weighted by Gasteiger charge is 1.80. The molecule has 0 radical (unpaired) electrons. The summed E-state index contributed by atoms with van der Waals surface area (Å²) in [6.45, 7) is 0. The fourth-order valence-electron chi connectivity index (χ4n) is 0.242. The van der Waals surface area contributed by atoms with Crippen molar-refractivity contribution in [2.24, 2.45) is 0 Å². The van der Waals surface area contributed by atoms with E-state index in [1.165, 1.54) is 4.24 Å². The van der Waals surface area contributed by atoms with Crippen molar-refractivity contribution in [1.82, 2.24) is 4.24 Å². The number of hydrogen-bond donors (Lipinski definition) is 0. The van der Waals surface area contributed by atoms with Gasteiger partial charge in [0.15, 0.2) is 0 Å². The normalized spacial score (nSPS) is 21.9. The first-order valence-corrected chi connectivity index (χ1v) is 3.01. The molecule has 0 unspecified atom stereocenters. The molecule has 38 valence electrons. The smallest absolute Gasteiger partial charge is 0.110 e. The van der Waals surface area contributed by atoms with Crippen molar-refractivity contribution in [3.05, 3.63) is 12.3 Å². The quantitative estimate of drug-likeness (QED) is 0.358. The van der Waals surface area contributed by atoms with E-state index in [-0.39, 0.29) is 0 Å². The van der Waals surface area contributed by atoms with Crippen LogP contribution >= 0.6 is 8.35 Å². The lowest BCUT2D eigenvalue weighted by Gasteiger charge is -2.21. The van der Waals surface area contributed by atoms with Gasteiger partial charge in [-0.15, -0.1) is 0 Å². The molecular formula is C3H3NOPS-. The van der Waals surface area contributed by atoms with Crippen LogP contribution in [0.5, 0.6) is 0 Å². The number of hydrogen-bond acceptors (Lipinski definition) is 3. The summed E-state index contributed by atoms with van der Waals surface area (Å²) in [6, 6.07) is 0. The molecule has 0 aromatic rings. The zero-order chi connectivity index (χ0) is 5.11. The van der Waals surface area contributed by atoms with Gasteiger partial charge in [0.2, 0.25) is 0 Å². The molecule has 1 aliphatic heterocycles. The minimum atomic E-state index is 0.911. The lowest BCUT2D eigenvalue weighted by molar-refractivity contribution is 0.0926. The minimum absolute atomic E-state index is 0.911. The summed E-state index contributed by atoms with van der Waals surface area (Å²) in [5.41, 5.74) is 0. The molecule has 0 aliphatic carbocycles. The first-order chi connectivity index (χ1) is 3.39. The second kappa shape index (κ2) is 2.36. The maximum atomic E-state index is 4.70. The van der Waals surface area contributed by atoms with Crippen molar-refractivity contribution in [2.45, 2.75) is 0 Å². The summed E-state index contributed by atoms with van der Waals surface area (Å²) >= 11 is 4.61. The van der Waals surface area contributed by atoms with E-state index in [2.05, 4.69) is 12.8 Å². The van der Waals surface area contributed by atoms with Crippen LogP contribution < -0.4 is 0 Å². The lowest BCUT2D eigenvalue weighted by atomic mass is 10.7. The molecule has 1 rings (SSSR count). The predicted molar refractivity (Wildman–Crippen MR) is 32.4 cm³/mol. The SMILES string of the molecule is [S-]N1OC=CC=P1. The Bertz CT molecular complexity index is 114. The van der Waals surface area contributed by atoms with Crippen molar-refractivity contribution in [3.8, 4) is 0 Å². The Hall–Kier alpha value is 0.0200. The van der Waals surface area contributed by atoms with Gasteiger partial charge in [-0.2, -0.15) is 0 Å². The average molecular weight is 132 g/mol. The van der Waals surface area contributed by atoms with Crippen LogP contribution in [0.15, 0.2) is 12.3 Å². The highest BCUT2D eigenvalue weighted by Crippen LogP contribution is 2.07. The van der Waals surface area contributed by atoms with Crippen LogP contribution in [0, 0.1) is 0 Å². The highest BCUT2D eigenvalue weighted by atomic mass is 32.1. The van der Waals surface area contributed by atoms with E-state index in [1.807, 2.05) is 11.9 Å². The fraction of sp³-hybridized carbons (Fsp3) is 0. The summed E-state index contributed by atoms with van der Waals surface area (Å²) in [4.78, 5) is 4.70. The van der Waals surface area contributed by atoms with Gasteiger partial charge in [-0.25, -0.2) is 4.24 Å². The van der Waals surface area contributed by atoms with Gasteiger partial charge in [0.25, 0.3) is 0 Å². The van der Waals surface area contributed by atoms with Gasteiger partial charge in [0, 0.05) is 0 Å². The van der Waals surface area contributed by atoms with E-state index in [9.17, 15) is 0 Å². The molecule has 0 N–H and O–H groups in total. The first-order valence-electron chi connectivity index (χ1n) is 1.73. The Morgan fingerprint density at radius 1 is 1.71 bits per heavy atom. The molecule has 0 atom stereocenters. The van der Waals surface area contributed by atoms with Crippen LogP contribution in [-0.4, -0.2) is 10.0 Å². The van der Waals surface area contributed by atoms with Gasteiger partial charge in [-0.3, -0.25) is 0 Å². The Balaban J connectivity index is 2.49. The van der Waals surface area contributed by atoms with Crippen molar-refractivity contribution in [3.63, 3.8) is 0 Å². The molecule has 0 amide bonds. The first kappa shape index (κ1) is 5.16. The van der Waals surface area contributed by atoms with Crippen LogP contribution in [0.25, 0.3) is 0 Å². The van der Waals surface area contributed by atoms with Crippen LogP contribution in [-0.2, 0) is 17.7 Å². The number of nitrogens with zero attached hydrogens (tertiary/aromatic N) is 1. The van der Waals surface area contributed by atoms with Crippen LogP contribution in [0.3, 0.4) is 0 Å². The third kappa shape index (κ3) is 1.51. The van der Waals surface area contributed by atoms with E-state index in [4.69, 9.17) is 4.84 Å². The molecular weight excluding hydrogens is 129 g/mol. The highest BCUT2D eigenvalue weighted by molar-refractivity contribution is 7.64. The average Bonchev–Trinajstić information content (AvgIpc) is 1.69. The molecule has 0 bridgehead atoms. The maximum Gasteiger partial charge on any atom is 0.110 e. The van der Waals surface area contributed by atoms with E-state index in [0.717, 1.165) is 8.35 Å². The lowest BCUT2D eigenvalue weighted by Crippen LogP contribution is -2.00. The third-order valence-electron chi connectivity index (χ3n) is 0.477. The minimum Gasteiger partial charge on any atom is -0.647 e. The maximum absolute atomic E-state index is 4.70. The molecule has 0 spiro atoms. The van der Waals surface area contributed by atoms with E-state index in [0.29, 0.717) is 0 Å². The van der Waals surface area contributed by atoms with E-state index < -0.39 is 0 Å². The molecule has 0 aromatic heterocycles. The van der Waals surface area contributed by atoms with Gasteiger partial charge in [0.05, 0.1) is 0 Å². The van der Waals surface area contributed by atoms with Crippen molar-refractivity contribution in [2.75, 3.05) is 0 Å². The van der Waals surface area contributed by atoms with Crippen LogP contribution in [0.1, 0.15) is 0 Å². The predicted octanol–water partition coefficient (Wildman–Crippen LogP) is 0.873. The van der Waals surface area contributed by atoms with Crippen LogP contribution in [0.2, 0.25) is 0 Å². The molecule has 1 heterocycles.